The van der Waals surface area contributed by atoms with Crippen molar-refractivity contribution >= 4 is 24.0 Å². The summed E-state index contributed by atoms with van der Waals surface area (Å²) in [5.74, 6) is 0.248. The highest BCUT2D eigenvalue weighted by Gasteiger charge is 2.27. The van der Waals surface area contributed by atoms with Crippen LogP contribution in [0.25, 0.3) is 0 Å². The van der Waals surface area contributed by atoms with Crippen molar-refractivity contribution in [1.29, 1.82) is 0 Å². The first-order chi connectivity index (χ1) is 8.78. The molecule has 2 heterocycles. The van der Waals surface area contributed by atoms with Gasteiger partial charge in [0.05, 0.1) is 13.2 Å². The van der Waals surface area contributed by atoms with Crippen LogP contribution in [0.3, 0.4) is 0 Å². The number of benzene rings is 1. The first-order valence-corrected chi connectivity index (χ1v) is 6.62. The number of nitrogens with zero attached hydrogens (tertiary/aromatic N) is 2. The van der Waals surface area contributed by atoms with Gasteiger partial charge in [-0.15, -0.1) is 12.4 Å². The van der Waals surface area contributed by atoms with Crippen molar-refractivity contribution < 1.29 is 4.79 Å². The third-order valence-corrected chi connectivity index (χ3v) is 3.79. The Morgan fingerprint density at radius 3 is 2.95 bits per heavy atom. The Labute approximate surface area is 120 Å². The van der Waals surface area contributed by atoms with Crippen LogP contribution >= 0.6 is 12.4 Å². The zero-order valence-electron chi connectivity index (χ0n) is 11.2. The van der Waals surface area contributed by atoms with E-state index in [0.717, 1.165) is 32.7 Å². The number of rotatable bonds is 3. The Morgan fingerprint density at radius 2 is 2.21 bits per heavy atom. The zero-order valence-corrected chi connectivity index (χ0v) is 12.0. The number of hydrogen-bond acceptors (Lipinski definition) is 3. The molecule has 19 heavy (non-hydrogen) atoms. The summed E-state index contributed by atoms with van der Waals surface area (Å²) in [6.07, 6.45) is 1.11. The SMILES string of the molecule is CCN1CN(Cc2cccc3c2NCC3)CC1=O.Cl. The predicted octanol–water partition coefficient (Wildman–Crippen LogP) is 1.70. The summed E-state index contributed by atoms with van der Waals surface area (Å²) in [4.78, 5) is 15.8. The molecule has 5 heteroatoms. The molecule has 4 nitrogen and oxygen atoms in total. The van der Waals surface area contributed by atoms with E-state index < -0.39 is 0 Å². The molecule has 3 rings (SSSR count). The molecule has 0 aliphatic carbocycles. The zero-order chi connectivity index (χ0) is 12.5. The van der Waals surface area contributed by atoms with Crippen molar-refractivity contribution in [3.05, 3.63) is 29.3 Å². The van der Waals surface area contributed by atoms with Gasteiger partial charge in [0.25, 0.3) is 0 Å². The van der Waals surface area contributed by atoms with Gasteiger partial charge < -0.3 is 10.2 Å². The molecule has 0 radical (unpaired) electrons. The van der Waals surface area contributed by atoms with Crippen molar-refractivity contribution in [1.82, 2.24) is 9.80 Å². The topological polar surface area (TPSA) is 35.6 Å². The highest BCUT2D eigenvalue weighted by molar-refractivity contribution is 5.85. The molecule has 104 valence electrons. The number of anilines is 1. The van der Waals surface area contributed by atoms with Gasteiger partial charge >= 0.3 is 0 Å². The lowest BCUT2D eigenvalue weighted by atomic mass is 10.1. The van der Waals surface area contributed by atoms with Gasteiger partial charge in [-0.3, -0.25) is 9.69 Å². The van der Waals surface area contributed by atoms with Gasteiger partial charge in [0.15, 0.2) is 0 Å². The maximum absolute atomic E-state index is 11.7. The average Bonchev–Trinajstić information content (AvgIpc) is 2.96. The van der Waals surface area contributed by atoms with Gasteiger partial charge in [0, 0.05) is 25.3 Å². The molecule has 1 fully saturated rings. The number of hydrogen-bond donors (Lipinski definition) is 1. The van der Waals surface area contributed by atoms with Gasteiger partial charge in [-0.05, 0) is 24.5 Å². The van der Waals surface area contributed by atoms with Crippen LogP contribution in [-0.2, 0) is 17.8 Å². The molecule has 1 N–H and O–H groups in total. The summed E-state index contributed by atoms with van der Waals surface area (Å²) in [5.41, 5.74) is 4.01. The number of para-hydroxylation sites is 1. The summed E-state index contributed by atoms with van der Waals surface area (Å²) < 4.78 is 0. The minimum absolute atomic E-state index is 0. The number of likely N-dealkylation sites (N-methyl/N-ethyl adjacent to an activating group) is 1. The van der Waals surface area contributed by atoms with E-state index >= 15 is 0 Å². The molecule has 0 atom stereocenters. The Bertz CT molecular complexity index is 478. The Balaban J connectivity index is 0.00000133. The highest BCUT2D eigenvalue weighted by atomic mass is 35.5. The van der Waals surface area contributed by atoms with Crippen LogP contribution in [0.2, 0.25) is 0 Å². The molecule has 2 aliphatic rings. The van der Waals surface area contributed by atoms with E-state index in [-0.39, 0.29) is 18.3 Å². The lowest BCUT2D eigenvalue weighted by molar-refractivity contribution is -0.126. The predicted molar refractivity (Wildman–Crippen MR) is 78.5 cm³/mol. The quantitative estimate of drug-likeness (QED) is 0.916. The van der Waals surface area contributed by atoms with E-state index in [9.17, 15) is 4.79 Å². The van der Waals surface area contributed by atoms with Crippen molar-refractivity contribution in [3.8, 4) is 0 Å². The smallest absolute Gasteiger partial charge is 0.237 e. The van der Waals surface area contributed by atoms with Crippen molar-refractivity contribution in [2.45, 2.75) is 19.9 Å². The van der Waals surface area contributed by atoms with E-state index in [1.165, 1.54) is 16.8 Å². The molecule has 0 bridgehead atoms. The molecule has 1 amide bonds. The fourth-order valence-corrected chi connectivity index (χ4v) is 2.83. The van der Waals surface area contributed by atoms with Crippen LogP contribution in [0.1, 0.15) is 18.1 Å². The second-order valence-corrected chi connectivity index (χ2v) is 5.01. The lowest BCUT2D eigenvalue weighted by Gasteiger charge is -2.18. The standard InChI is InChI=1S/C14H19N3O.ClH/c1-2-17-10-16(9-13(17)18)8-12-5-3-4-11-6-7-15-14(11)12;/h3-5,15H,2,6-10H2,1H3;1H. The number of amides is 1. The number of halogens is 1. The second kappa shape index (κ2) is 5.80. The van der Waals surface area contributed by atoms with Crippen molar-refractivity contribution in [3.63, 3.8) is 0 Å². The molecule has 2 aliphatic heterocycles. The summed E-state index contributed by atoms with van der Waals surface area (Å²) in [7, 11) is 0. The Morgan fingerprint density at radius 1 is 1.37 bits per heavy atom. The minimum atomic E-state index is 0. The fraction of sp³-hybridized carbons (Fsp3) is 0.500. The number of nitrogens with one attached hydrogen (secondary N) is 1. The van der Waals surface area contributed by atoms with Crippen molar-refractivity contribution in [2.24, 2.45) is 0 Å². The van der Waals surface area contributed by atoms with Crippen LogP contribution in [0, 0.1) is 0 Å². The first-order valence-electron chi connectivity index (χ1n) is 6.62. The largest absolute Gasteiger partial charge is 0.384 e. The third kappa shape index (κ3) is 2.69. The minimum Gasteiger partial charge on any atom is -0.384 e. The number of carbonyl (C=O) groups excluding carboxylic acids is 1. The lowest BCUT2D eigenvalue weighted by Crippen LogP contribution is -2.26. The molecular formula is C14H20ClN3O. The molecule has 1 aromatic rings. The van der Waals surface area contributed by atoms with Crippen molar-refractivity contribution in [2.75, 3.05) is 31.6 Å². The summed E-state index contributed by atoms with van der Waals surface area (Å²) in [5, 5.41) is 3.45. The van der Waals surface area contributed by atoms with E-state index in [1.807, 2.05) is 11.8 Å². The van der Waals surface area contributed by atoms with Crippen LogP contribution < -0.4 is 5.32 Å². The maximum atomic E-state index is 11.7. The molecule has 0 unspecified atom stereocenters. The van der Waals surface area contributed by atoms with Gasteiger partial charge in [-0.25, -0.2) is 0 Å². The molecule has 0 aromatic heterocycles. The van der Waals surface area contributed by atoms with Crippen LogP contribution in [0.4, 0.5) is 5.69 Å². The van der Waals surface area contributed by atoms with Crippen LogP contribution in [0.15, 0.2) is 18.2 Å². The number of fused-ring (bicyclic) bond motifs is 1. The molecule has 0 saturated carbocycles. The molecule has 1 aromatic carbocycles. The monoisotopic (exact) mass is 281 g/mol. The van der Waals surface area contributed by atoms with Crippen LogP contribution in [0.5, 0.6) is 0 Å². The maximum Gasteiger partial charge on any atom is 0.237 e. The molecule has 1 saturated heterocycles. The third-order valence-electron chi connectivity index (χ3n) is 3.79. The summed E-state index contributed by atoms with van der Waals surface area (Å²) >= 11 is 0. The van der Waals surface area contributed by atoms with Gasteiger partial charge in [-0.1, -0.05) is 18.2 Å². The number of carbonyl (C=O) groups is 1. The Kier molecular flexibility index (Phi) is 4.32. The van der Waals surface area contributed by atoms with Crippen LogP contribution in [-0.4, -0.2) is 42.0 Å². The van der Waals surface area contributed by atoms with E-state index in [2.05, 4.69) is 28.4 Å². The average molecular weight is 282 g/mol. The fourth-order valence-electron chi connectivity index (χ4n) is 2.83. The second-order valence-electron chi connectivity index (χ2n) is 5.01. The van der Waals surface area contributed by atoms with E-state index in [1.54, 1.807) is 0 Å². The normalized spacial score (nSPS) is 18.2. The molecule has 0 spiro atoms. The highest BCUT2D eigenvalue weighted by Crippen LogP contribution is 2.27. The van der Waals surface area contributed by atoms with Gasteiger partial charge in [-0.2, -0.15) is 0 Å². The van der Waals surface area contributed by atoms with Gasteiger partial charge in [0.1, 0.15) is 0 Å². The van der Waals surface area contributed by atoms with Gasteiger partial charge in [0.2, 0.25) is 5.91 Å². The summed E-state index contributed by atoms with van der Waals surface area (Å²) in [6.45, 7) is 6.05. The first kappa shape index (κ1) is 14.2. The van der Waals surface area contributed by atoms with E-state index in [4.69, 9.17) is 0 Å². The summed E-state index contributed by atoms with van der Waals surface area (Å²) in [6, 6.07) is 6.47. The Hall–Kier alpha value is -1.26. The molecular weight excluding hydrogens is 262 g/mol. The van der Waals surface area contributed by atoms with E-state index in [0.29, 0.717) is 6.54 Å².